The van der Waals surface area contributed by atoms with E-state index in [4.69, 9.17) is 0 Å². The molecule has 1 aliphatic carbocycles. The monoisotopic (exact) mass is 487 g/mol. The summed E-state index contributed by atoms with van der Waals surface area (Å²) in [6, 6.07) is 7.69. The molecule has 0 radical (unpaired) electrons. The van der Waals surface area contributed by atoms with Gasteiger partial charge in [-0.05, 0) is 61.4 Å². The summed E-state index contributed by atoms with van der Waals surface area (Å²) in [5.74, 6) is 5.18. The van der Waals surface area contributed by atoms with Crippen LogP contribution in [0.4, 0.5) is 14.9 Å². The van der Waals surface area contributed by atoms with E-state index in [0.717, 1.165) is 27.9 Å². The van der Waals surface area contributed by atoms with Gasteiger partial charge in [-0.25, -0.2) is 9.78 Å². The van der Waals surface area contributed by atoms with Gasteiger partial charge < -0.3 is 15.3 Å². The first kappa shape index (κ1) is 23.7. The van der Waals surface area contributed by atoms with Gasteiger partial charge in [0, 0.05) is 42.7 Å². The molecule has 1 atom stereocenters. The number of likely N-dealkylation sites (N-methyl/N-ethyl adjacent to an activating group) is 1. The predicted molar refractivity (Wildman–Crippen MR) is 131 cm³/mol. The average molecular weight is 488 g/mol. The fraction of sp³-hybridized carbons (Fsp3) is 0.333. The fourth-order valence-electron chi connectivity index (χ4n) is 4.45. The van der Waals surface area contributed by atoms with Gasteiger partial charge in [0.2, 0.25) is 11.9 Å². The number of halogens is 1. The van der Waals surface area contributed by atoms with Gasteiger partial charge in [-0.15, -0.1) is 0 Å². The van der Waals surface area contributed by atoms with Crippen LogP contribution in [0.3, 0.4) is 0 Å². The maximum atomic E-state index is 13.8. The molecule has 3 aromatic rings. The second-order valence-electron chi connectivity index (χ2n) is 9.34. The van der Waals surface area contributed by atoms with Crippen molar-refractivity contribution in [2.24, 2.45) is 0 Å². The Kier molecular flexibility index (Phi) is 6.29. The van der Waals surface area contributed by atoms with Crippen molar-refractivity contribution >= 4 is 17.6 Å². The number of aromatic nitrogens is 3. The summed E-state index contributed by atoms with van der Waals surface area (Å²) in [7, 11) is 1.68. The Balaban J connectivity index is 1.27. The van der Waals surface area contributed by atoms with E-state index in [0.29, 0.717) is 36.8 Å². The Bertz CT molecular complexity index is 1390. The lowest BCUT2D eigenvalue weighted by molar-refractivity contribution is -0.120. The lowest BCUT2D eigenvalue weighted by Crippen LogP contribution is -2.48. The standard InChI is InChI=1S/C27H26FN5O3/c1-32-23-15-18(9-12-27(36)10-3-11-27)5-6-20(23)7-8-22(25(32)34)31-26(35)33-17-19(16-30-33)14-21-4-2-13-29-24(21)28/h2,4-6,13,15-17,22,36H,3,7-8,10-11,14H2,1H3,(H,31,35). The highest BCUT2D eigenvalue weighted by atomic mass is 19.1. The third kappa shape index (κ3) is 4.86. The second kappa shape index (κ2) is 9.55. The van der Waals surface area contributed by atoms with Crippen molar-refractivity contribution in [2.75, 3.05) is 11.9 Å². The number of aryl methyl sites for hydroxylation is 1. The van der Waals surface area contributed by atoms with Crippen LogP contribution in [0.25, 0.3) is 0 Å². The number of carbonyl (C=O) groups is 2. The molecule has 1 aliphatic heterocycles. The minimum absolute atomic E-state index is 0.241. The van der Waals surface area contributed by atoms with E-state index in [-0.39, 0.29) is 12.3 Å². The molecule has 2 aliphatic rings. The molecule has 1 saturated carbocycles. The number of anilines is 1. The number of pyridine rings is 1. The van der Waals surface area contributed by atoms with E-state index in [1.54, 1.807) is 19.2 Å². The van der Waals surface area contributed by atoms with Gasteiger partial charge in [0.25, 0.3) is 0 Å². The van der Waals surface area contributed by atoms with Gasteiger partial charge >= 0.3 is 6.03 Å². The number of amides is 2. The minimum atomic E-state index is -0.900. The molecule has 0 saturated heterocycles. The Labute approximate surface area is 208 Å². The third-order valence-electron chi connectivity index (χ3n) is 6.77. The number of hydrogen-bond acceptors (Lipinski definition) is 5. The summed E-state index contributed by atoms with van der Waals surface area (Å²) in [5.41, 5.74) is 2.60. The quantitative estimate of drug-likeness (QED) is 0.437. The molecule has 1 unspecified atom stereocenters. The Morgan fingerprint density at radius 1 is 1.33 bits per heavy atom. The predicted octanol–water partition coefficient (Wildman–Crippen LogP) is 2.81. The summed E-state index contributed by atoms with van der Waals surface area (Å²) in [4.78, 5) is 31.2. The van der Waals surface area contributed by atoms with Crippen molar-refractivity contribution in [1.82, 2.24) is 20.1 Å². The highest BCUT2D eigenvalue weighted by Gasteiger charge is 2.32. The average Bonchev–Trinajstić information content (AvgIpc) is 3.29. The van der Waals surface area contributed by atoms with E-state index < -0.39 is 23.6 Å². The molecule has 184 valence electrons. The van der Waals surface area contributed by atoms with Crippen LogP contribution in [0.5, 0.6) is 0 Å². The first-order valence-electron chi connectivity index (χ1n) is 11.9. The molecule has 2 N–H and O–H groups in total. The summed E-state index contributed by atoms with van der Waals surface area (Å²) in [6.07, 6.45) is 8.00. The van der Waals surface area contributed by atoms with E-state index >= 15 is 0 Å². The zero-order valence-electron chi connectivity index (χ0n) is 19.9. The Morgan fingerprint density at radius 2 is 2.17 bits per heavy atom. The number of nitrogens with zero attached hydrogens (tertiary/aromatic N) is 4. The van der Waals surface area contributed by atoms with E-state index in [9.17, 15) is 19.1 Å². The molecule has 1 aromatic carbocycles. The number of aliphatic hydroxyl groups is 1. The number of carbonyl (C=O) groups excluding carboxylic acids is 2. The van der Waals surface area contributed by atoms with Crippen LogP contribution in [0.15, 0.2) is 48.9 Å². The number of rotatable bonds is 3. The van der Waals surface area contributed by atoms with Gasteiger partial charge in [0.05, 0.1) is 6.20 Å². The smallest absolute Gasteiger partial charge is 0.342 e. The number of fused-ring (bicyclic) bond motifs is 1. The molecular weight excluding hydrogens is 461 g/mol. The summed E-state index contributed by atoms with van der Waals surface area (Å²) in [6.45, 7) is 0. The van der Waals surface area contributed by atoms with Crippen LogP contribution in [-0.2, 0) is 17.6 Å². The van der Waals surface area contributed by atoms with Crippen LogP contribution in [0, 0.1) is 17.8 Å². The van der Waals surface area contributed by atoms with Crippen LogP contribution in [-0.4, -0.2) is 50.5 Å². The Morgan fingerprint density at radius 3 is 2.92 bits per heavy atom. The second-order valence-corrected chi connectivity index (χ2v) is 9.34. The SMILES string of the molecule is CN1C(=O)C(NC(=O)n2cc(Cc3cccnc3F)cn2)CCc2ccc(C#CC3(O)CCC3)cc21. The lowest BCUT2D eigenvalue weighted by Gasteiger charge is -2.30. The first-order valence-corrected chi connectivity index (χ1v) is 11.9. The van der Waals surface area contributed by atoms with Crippen LogP contribution in [0.1, 0.15) is 47.9 Å². The van der Waals surface area contributed by atoms with Gasteiger partial charge in [0.1, 0.15) is 11.6 Å². The highest BCUT2D eigenvalue weighted by molar-refractivity contribution is 6.00. The fourth-order valence-corrected chi connectivity index (χ4v) is 4.45. The molecule has 0 spiro atoms. The Hall–Kier alpha value is -4.03. The largest absolute Gasteiger partial charge is 0.378 e. The molecular formula is C27H26FN5O3. The van der Waals surface area contributed by atoms with E-state index in [1.165, 1.54) is 23.5 Å². The molecule has 2 aromatic heterocycles. The van der Waals surface area contributed by atoms with Crippen LogP contribution >= 0.6 is 0 Å². The summed E-state index contributed by atoms with van der Waals surface area (Å²) >= 11 is 0. The van der Waals surface area contributed by atoms with E-state index in [1.807, 2.05) is 18.2 Å². The maximum absolute atomic E-state index is 13.8. The van der Waals surface area contributed by atoms with Gasteiger partial charge in [-0.2, -0.15) is 14.2 Å². The number of nitrogens with one attached hydrogen (secondary N) is 1. The zero-order valence-corrected chi connectivity index (χ0v) is 19.9. The summed E-state index contributed by atoms with van der Waals surface area (Å²) in [5, 5.41) is 17.1. The van der Waals surface area contributed by atoms with E-state index in [2.05, 4.69) is 27.2 Å². The van der Waals surface area contributed by atoms with Crippen molar-refractivity contribution in [3.05, 3.63) is 77.1 Å². The van der Waals surface area contributed by atoms with Crippen LogP contribution < -0.4 is 10.2 Å². The zero-order chi connectivity index (χ0) is 25.3. The highest BCUT2D eigenvalue weighted by Crippen LogP contribution is 2.31. The van der Waals surface area contributed by atoms with Crippen molar-refractivity contribution in [1.29, 1.82) is 0 Å². The molecule has 9 heteroatoms. The first-order chi connectivity index (χ1) is 17.3. The molecule has 3 heterocycles. The van der Waals surface area contributed by atoms with Gasteiger partial charge in [-0.1, -0.05) is 24.0 Å². The lowest BCUT2D eigenvalue weighted by atomic mass is 9.81. The molecule has 5 rings (SSSR count). The molecule has 36 heavy (non-hydrogen) atoms. The number of benzene rings is 1. The number of hydrogen-bond donors (Lipinski definition) is 2. The molecule has 1 fully saturated rings. The summed E-state index contributed by atoms with van der Waals surface area (Å²) < 4.78 is 15.0. The maximum Gasteiger partial charge on any atom is 0.342 e. The minimum Gasteiger partial charge on any atom is -0.378 e. The normalized spacial score (nSPS) is 18.4. The molecule has 8 nitrogen and oxygen atoms in total. The topological polar surface area (TPSA) is 100 Å². The molecule has 2 amide bonds. The van der Waals surface area contributed by atoms with Crippen LogP contribution in [0.2, 0.25) is 0 Å². The third-order valence-corrected chi connectivity index (χ3v) is 6.77. The van der Waals surface area contributed by atoms with Crippen molar-refractivity contribution in [3.63, 3.8) is 0 Å². The van der Waals surface area contributed by atoms with Gasteiger partial charge in [0.15, 0.2) is 0 Å². The molecule has 0 bridgehead atoms. The van der Waals surface area contributed by atoms with Gasteiger partial charge in [-0.3, -0.25) is 4.79 Å². The van der Waals surface area contributed by atoms with Crippen molar-refractivity contribution in [3.8, 4) is 11.8 Å². The van der Waals surface area contributed by atoms with Crippen molar-refractivity contribution in [2.45, 2.75) is 50.2 Å². The van der Waals surface area contributed by atoms with Crippen molar-refractivity contribution < 1.29 is 19.1 Å².